The number of carbonyl (C=O) groups is 1. The number of fused-ring (bicyclic) bond motifs is 1. The first-order valence-electron chi connectivity index (χ1n) is 8.13. The fraction of sp³-hybridized carbons (Fsp3) is 0.643. The number of nitrogen functional groups attached to an aromatic ring is 1. The van der Waals surface area contributed by atoms with E-state index in [0.717, 1.165) is 0 Å². The standard InChI is InChI=1S/C14H21N7O4S/c15-7(14(24)25)1-2-26-4-6-3-8(11(23)10(6)22)21-13-9(19-20-21)12(16)17-5-18-13/h5-8,10-11,22-23H,1-4,15H2,(H,24,25)(H2,16,17,18). The van der Waals surface area contributed by atoms with Crippen molar-refractivity contribution in [3.8, 4) is 0 Å². The third-order valence-corrected chi connectivity index (χ3v) is 5.79. The fourth-order valence-corrected chi connectivity index (χ4v) is 4.30. The highest BCUT2D eigenvalue weighted by Gasteiger charge is 2.43. The Morgan fingerprint density at radius 2 is 2.15 bits per heavy atom. The second kappa shape index (κ2) is 7.70. The van der Waals surface area contributed by atoms with Crippen molar-refractivity contribution >= 4 is 34.7 Å². The number of nitrogens with zero attached hydrogens (tertiary/aromatic N) is 5. The van der Waals surface area contributed by atoms with E-state index in [-0.39, 0.29) is 11.7 Å². The topological polar surface area (TPSA) is 186 Å². The van der Waals surface area contributed by atoms with Gasteiger partial charge in [-0.3, -0.25) is 4.79 Å². The Kier molecular flexibility index (Phi) is 5.55. The molecule has 5 atom stereocenters. The highest BCUT2D eigenvalue weighted by molar-refractivity contribution is 7.99. The number of nitrogens with two attached hydrogens (primary N) is 2. The number of thioether (sulfide) groups is 1. The zero-order valence-corrected chi connectivity index (χ0v) is 14.7. The Bertz CT molecular complexity index is 788. The SMILES string of the molecule is Nc1ncnc2c1nnn2C1CC(CSCCC(N)C(=O)O)C(O)C1O. The third kappa shape index (κ3) is 3.58. The van der Waals surface area contributed by atoms with Crippen molar-refractivity contribution in [3.05, 3.63) is 6.33 Å². The number of rotatable bonds is 7. The molecule has 0 radical (unpaired) electrons. The minimum absolute atomic E-state index is 0.167. The molecule has 0 aliphatic heterocycles. The van der Waals surface area contributed by atoms with E-state index in [1.165, 1.54) is 22.8 Å². The number of carboxylic acids is 1. The molecule has 5 unspecified atom stereocenters. The Morgan fingerprint density at radius 1 is 1.38 bits per heavy atom. The van der Waals surface area contributed by atoms with Crippen molar-refractivity contribution in [2.24, 2.45) is 11.7 Å². The second-order valence-corrected chi connectivity index (χ2v) is 7.47. The number of carboxylic acid groups (broad SMARTS) is 1. The molecule has 2 aromatic heterocycles. The maximum Gasteiger partial charge on any atom is 0.320 e. The zero-order chi connectivity index (χ0) is 18.8. The lowest BCUT2D eigenvalue weighted by Gasteiger charge is -2.17. The lowest BCUT2D eigenvalue weighted by Crippen LogP contribution is -2.31. The van der Waals surface area contributed by atoms with Crippen LogP contribution < -0.4 is 11.5 Å². The van der Waals surface area contributed by atoms with Crippen LogP contribution in [-0.2, 0) is 4.79 Å². The molecule has 1 fully saturated rings. The van der Waals surface area contributed by atoms with Crippen LogP contribution in [0, 0.1) is 5.92 Å². The molecule has 0 spiro atoms. The summed E-state index contributed by atoms with van der Waals surface area (Å²) in [5.41, 5.74) is 12.0. The minimum atomic E-state index is -1.03. The molecule has 1 aliphatic rings. The summed E-state index contributed by atoms with van der Waals surface area (Å²) in [5, 5.41) is 37.5. The Hall–Kier alpha value is -2.02. The predicted molar refractivity (Wildman–Crippen MR) is 94.2 cm³/mol. The molecule has 142 valence electrons. The Balaban J connectivity index is 1.64. The molecule has 0 bridgehead atoms. The largest absolute Gasteiger partial charge is 0.480 e. The zero-order valence-electron chi connectivity index (χ0n) is 13.8. The van der Waals surface area contributed by atoms with Gasteiger partial charge in [0.15, 0.2) is 17.0 Å². The van der Waals surface area contributed by atoms with Gasteiger partial charge in [-0.05, 0) is 30.3 Å². The third-order valence-electron chi connectivity index (χ3n) is 4.60. The van der Waals surface area contributed by atoms with E-state index < -0.39 is 30.3 Å². The molecule has 0 aromatic carbocycles. The maximum atomic E-state index is 10.7. The number of aliphatic hydroxyl groups is 2. The van der Waals surface area contributed by atoms with Crippen LogP contribution in [-0.4, -0.2) is 76.0 Å². The van der Waals surface area contributed by atoms with E-state index in [2.05, 4.69) is 20.3 Å². The van der Waals surface area contributed by atoms with Gasteiger partial charge in [-0.2, -0.15) is 11.8 Å². The summed E-state index contributed by atoms with van der Waals surface area (Å²) in [6, 6.07) is -1.36. The molecule has 2 aromatic rings. The van der Waals surface area contributed by atoms with E-state index in [0.29, 0.717) is 35.5 Å². The molecule has 12 heteroatoms. The summed E-state index contributed by atoms with van der Waals surface area (Å²) in [4.78, 5) is 18.7. The summed E-state index contributed by atoms with van der Waals surface area (Å²) in [7, 11) is 0. The van der Waals surface area contributed by atoms with Gasteiger partial charge in [0.05, 0.1) is 12.1 Å². The summed E-state index contributed by atoms with van der Waals surface area (Å²) in [6.45, 7) is 0. The fourth-order valence-electron chi connectivity index (χ4n) is 3.08. The minimum Gasteiger partial charge on any atom is -0.480 e. The summed E-state index contributed by atoms with van der Waals surface area (Å²) in [6.07, 6.45) is 0.206. The van der Waals surface area contributed by atoms with Crippen LogP contribution in [0.4, 0.5) is 5.82 Å². The van der Waals surface area contributed by atoms with Crippen LogP contribution >= 0.6 is 11.8 Å². The van der Waals surface area contributed by atoms with Crippen LogP contribution in [0.2, 0.25) is 0 Å². The first kappa shape index (κ1) is 18.8. The van der Waals surface area contributed by atoms with Crippen molar-refractivity contribution in [1.82, 2.24) is 25.0 Å². The van der Waals surface area contributed by atoms with Gasteiger partial charge in [-0.15, -0.1) is 5.10 Å². The lowest BCUT2D eigenvalue weighted by molar-refractivity contribution is -0.138. The van der Waals surface area contributed by atoms with Gasteiger partial charge in [-0.25, -0.2) is 14.6 Å². The molecule has 2 heterocycles. The van der Waals surface area contributed by atoms with Crippen molar-refractivity contribution in [1.29, 1.82) is 0 Å². The molecule has 1 saturated carbocycles. The van der Waals surface area contributed by atoms with E-state index in [1.807, 2.05) is 0 Å². The molecule has 7 N–H and O–H groups in total. The smallest absolute Gasteiger partial charge is 0.320 e. The second-order valence-electron chi connectivity index (χ2n) is 6.32. The highest BCUT2D eigenvalue weighted by Crippen LogP contribution is 2.38. The van der Waals surface area contributed by atoms with Gasteiger partial charge in [0.2, 0.25) is 0 Å². The number of aliphatic carboxylic acids is 1. The molecule has 0 amide bonds. The molecule has 1 aliphatic carbocycles. The van der Waals surface area contributed by atoms with Crippen LogP contribution in [0.15, 0.2) is 6.33 Å². The normalized spacial score (nSPS) is 27.0. The number of anilines is 1. The van der Waals surface area contributed by atoms with E-state index in [9.17, 15) is 15.0 Å². The number of aromatic nitrogens is 5. The first-order chi connectivity index (χ1) is 12.4. The van der Waals surface area contributed by atoms with Crippen LogP contribution in [0.5, 0.6) is 0 Å². The molecular weight excluding hydrogens is 362 g/mol. The number of aliphatic hydroxyl groups excluding tert-OH is 2. The van der Waals surface area contributed by atoms with Gasteiger partial charge in [0.25, 0.3) is 0 Å². The number of hydrogen-bond acceptors (Lipinski definition) is 10. The van der Waals surface area contributed by atoms with Crippen LogP contribution in [0.25, 0.3) is 11.2 Å². The van der Waals surface area contributed by atoms with Crippen molar-refractivity contribution in [2.75, 3.05) is 17.2 Å². The van der Waals surface area contributed by atoms with Gasteiger partial charge in [0, 0.05) is 0 Å². The summed E-state index contributed by atoms with van der Waals surface area (Å²) < 4.78 is 1.48. The lowest BCUT2D eigenvalue weighted by atomic mass is 10.1. The molecule has 26 heavy (non-hydrogen) atoms. The maximum absolute atomic E-state index is 10.7. The highest BCUT2D eigenvalue weighted by atomic mass is 32.2. The van der Waals surface area contributed by atoms with E-state index in [4.69, 9.17) is 16.6 Å². The van der Waals surface area contributed by atoms with Crippen LogP contribution in [0.1, 0.15) is 18.9 Å². The van der Waals surface area contributed by atoms with E-state index in [1.54, 1.807) is 0 Å². The number of hydrogen-bond donors (Lipinski definition) is 5. The Labute approximate surface area is 152 Å². The molecule has 11 nitrogen and oxygen atoms in total. The van der Waals surface area contributed by atoms with Crippen LogP contribution in [0.3, 0.4) is 0 Å². The average Bonchev–Trinajstić information content (AvgIpc) is 3.15. The van der Waals surface area contributed by atoms with Gasteiger partial charge in [-0.1, -0.05) is 5.21 Å². The quantitative estimate of drug-likeness (QED) is 0.355. The van der Waals surface area contributed by atoms with E-state index >= 15 is 0 Å². The van der Waals surface area contributed by atoms with Gasteiger partial charge >= 0.3 is 5.97 Å². The summed E-state index contributed by atoms with van der Waals surface area (Å²) >= 11 is 1.50. The average molecular weight is 383 g/mol. The predicted octanol–water partition coefficient (Wildman–Crippen LogP) is -1.38. The molecular formula is C14H21N7O4S. The van der Waals surface area contributed by atoms with Gasteiger partial charge < -0.3 is 26.8 Å². The van der Waals surface area contributed by atoms with Crippen molar-refractivity contribution in [3.63, 3.8) is 0 Å². The Morgan fingerprint density at radius 3 is 2.88 bits per heavy atom. The first-order valence-corrected chi connectivity index (χ1v) is 9.29. The van der Waals surface area contributed by atoms with Crippen molar-refractivity contribution in [2.45, 2.75) is 37.1 Å². The summed E-state index contributed by atoms with van der Waals surface area (Å²) in [5.74, 6) is 0.148. The molecule has 0 saturated heterocycles. The molecule has 3 rings (SSSR count). The monoisotopic (exact) mass is 383 g/mol. The van der Waals surface area contributed by atoms with Crippen molar-refractivity contribution < 1.29 is 20.1 Å². The van der Waals surface area contributed by atoms with Gasteiger partial charge in [0.1, 0.15) is 18.5 Å².